The van der Waals surface area contributed by atoms with Crippen molar-refractivity contribution in [1.29, 1.82) is 0 Å². The molecule has 3 aliphatic rings. The van der Waals surface area contributed by atoms with Gasteiger partial charge < -0.3 is 0 Å². The zero-order valence-electron chi connectivity index (χ0n) is 12.0. The van der Waals surface area contributed by atoms with Crippen molar-refractivity contribution >= 4 is 0 Å². The molecule has 2 atom stereocenters. The molecule has 0 N–H and O–H groups in total. The van der Waals surface area contributed by atoms with Gasteiger partial charge in [-0.1, -0.05) is 12.8 Å². The van der Waals surface area contributed by atoms with Crippen molar-refractivity contribution in [1.82, 2.24) is 19.6 Å². The summed E-state index contributed by atoms with van der Waals surface area (Å²) in [5.74, 6) is 0. The molecule has 3 rings (SSSR count). The maximum Gasteiger partial charge on any atom is 0.0507 e. The highest BCUT2D eigenvalue weighted by atomic mass is 15.4. The third-order valence-electron chi connectivity index (χ3n) is 5.02. The molecule has 4 heteroatoms. The zero-order chi connectivity index (χ0) is 12.5. The van der Waals surface area contributed by atoms with Crippen molar-refractivity contribution in [2.45, 2.75) is 37.8 Å². The third kappa shape index (κ3) is 2.57. The monoisotopic (exact) mass is 252 g/mol. The van der Waals surface area contributed by atoms with Gasteiger partial charge in [-0.15, -0.1) is 0 Å². The Labute approximate surface area is 112 Å². The largest absolute Gasteiger partial charge is 0.292 e. The predicted molar refractivity (Wildman–Crippen MR) is 74.5 cm³/mol. The van der Waals surface area contributed by atoms with Gasteiger partial charge in [-0.2, -0.15) is 0 Å². The second-order valence-corrected chi connectivity index (χ2v) is 6.49. The van der Waals surface area contributed by atoms with Crippen LogP contribution >= 0.6 is 0 Å². The molecule has 2 heterocycles. The summed E-state index contributed by atoms with van der Waals surface area (Å²) in [6.45, 7) is 7.44. The average Bonchev–Trinajstić information content (AvgIpc) is 2.98. The molecule has 2 saturated heterocycles. The van der Waals surface area contributed by atoms with Gasteiger partial charge >= 0.3 is 0 Å². The van der Waals surface area contributed by atoms with Crippen LogP contribution in [0, 0.1) is 0 Å². The molecule has 0 amide bonds. The van der Waals surface area contributed by atoms with E-state index in [9.17, 15) is 0 Å². The highest BCUT2D eigenvalue weighted by Gasteiger charge is 2.37. The fourth-order valence-corrected chi connectivity index (χ4v) is 3.99. The fraction of sp³-hybridized carbons (Fsp3) is 1.00. The Morgan fingerprint density at radius 3 is 1.44 bits per heavy atom. The SMILES string of the molecule is CN1CCN(C2CCCCC2N2CCN(C)C2)C1. The summed E-state index contributed by atoms with van der Waals surface area (Å²) in [5.41, 5.74) is 0. The number of hydrogen-bond acceptors (Lipinski definition) is 4. The summed E-state index contributed by atoms with van der Waals surface area (Å²) in [4.78, 5) is 10.4. The zero-order valence-corrected chi connectivity index (χ0v) is 12.0. The van der Waals surface area contributed by atoms with Crippen LogP contribution in [0.3, 0.4) is 0 Å². The van der Waals surface area contributed by atoms with Crippen LogP contribution in [0.25, 0.3) is 0 Å². The average molecular weight is 252 g/mol. The minimum Gasteiger partial charge on any atom is -0.292 e. The molecule has 0 bridgehead atoms. The first kappa shape index (κ1) is 12.9. The van der Waals surface area contributed by atoms with Crippen LogP contribution in [0.5, 0.6) is 0 Å². The van der Waals surface area contributed by atoms with Crippen LogP contribution in [-0.4, -0.2) is 85.3 Å². The quantitative estimate of drug-likeness (QED) is 0.717. The maximum atomic E-state index is 2.74. The number of rotatable bonds is 2. The smallest absolute Gasteiger partial charge is 0.0507 e. The fourth-order valence-electron chi connectivity index (χ4n) is 3.99. The van der Waals surface area contributed by atoms with E-state index in [1.807, 2.05) is 0 Å². The highest BCUT2D eigenvalue weighted by Crippen LogP contribution is 2.29. The topological polar surface area (TPSA) is 13.0 Å². The van der Waals surface area contributed by atoms with Gasteiger partial charge in [-0.25, -0.2) is 0 Å². The van der Waals surface area contributed by atoms with Gasteiger partial charge in [0.05, 0.1) is 13.3 Å². The van der Waals surface area contributed by atoms with Crippen LogP contribution < -0.4 is 0 Å². The van der Waals surface area contributed by atoms with Gasteiger partial charge in [0.25, 0.3) is 0 Å². The number of nitrogens with zero attached hydrogens (tertiary/aromatic N) is 4. The maximum absolute atomic E-state index is 2.74. The van der Waals surface area contributed by atoms with Crippen LogP contribution in [0.2, 0.25) is 0 Å². The molecular weight excluding hydrogens is 224 g/mol. The highest BCUT2D eigenvalue weighted by molar-refractivity contribution is 4.93. The molecule has 3 fully saturated rings. The van der Waals surface area contributed by atoms with Gasteiger partial charge in [0.2, 0.25) is 0 Å². The normalized spacial score (nSPS) is 37.7. The van der Waals surface area contributed by atoms with Crippen LogP contribution in [0.15, 0.2) is 0 Å². The van der Waals surface area contributed by atoms with E-state index in [1.54, 1.807) is 0 Å². The van der Waals surface area contributed by atoms with Crippen molar-refractivity contribution in [2.24, 2.45) is 0 Å². The lowest BCUT2D eigenvalue weighted by molar-refractivity contribution is 0.0590. The van der Waals surface area contributed by atoms with E-state index in [1.165, 1.54) is 65.2 Å². The minimum absolute atomic E-state index is 0.815. The minimum atomic E-state index is 0.815. The second-order valence-electron chi connectivity index (χ2n) is 6.49. The van der Waals surface area contributed by atoms with Crippen molar-refractivity contribution in [3.8, 4) is 0 Å². The van der Waals surface area contributed by atoms with E-state index < -0.39 is 0 Å². The van der Waals surface area contributed by atoms with Crippen molar-refractivity contribution < 1.29 is 0 Å². The molecule has 18 heavy (non-hydrogen) atoms. The van der Waals surface area contributed by atoms with Crippen molar-refractivity contribution in [3.63, 3.8) is 0 Å². The first-order valence-corrected chi connectivity index (χ1v) is 7.59. The molecule has 0 radical (unpaired) electrons. The Hall–Kier alpha value is -0.160. The second kappa shape index (κ2) is 5.45. The molecule has 4 nitrogen and oxygen atoms in total. The molecule has 2 aliphatic heterocycles. The summed E-state index contributed by atoms with van der Waals surface area (Å²) in [6.07, 6.45) is 5.70. The number of likely N-dealkylation sites (N-methyl/N-ethyl adjacent to an activating group) is 2. The molecule has 1 aliphatic carbocycles. The van der Waals surface area contributed by atoms with Crippen molar-refractivity contribution in [2.75, 3.05) is 53.6 Å². The standard InChI is InChI=1S/C14H28N4/c1-15-7-9-17(11-15)13-5-3-4-6-14(13)18-10-8-16(2)12-18/h13-14H,3-12H2,1-2H3. The van der Waals surface area contributed by atoms with Crippen LogP contribution in [0.4, 0.5) is 0 Å². The molecule has 2 unspecified atom stereocenters. The Kier molecular flexibility index (Phi) is 3.89. The van der Waals surface area contributed by atoms with Gasteiger partial charge in [-0.05, 0) is 26.9 Å². The Bertz CT molecular complexity index is 255. The van der Waals surface area contributed by atoms with Gasteiger partial charge in [0.15, 0.2) is 0 Å². The van der Waals surface area contributed by atoms with E-state index in [-0.39, 0.29) is 0 Å². The van der Waals surface area contributed by atoms with E-state index >= 15 is 0 Å². The molecular formula is C14H28N4. The summed E-state index contributed by atoms with van der Waals surface area (Å²) in [5, 5.41) is 0. The lowest BCUT2D eigenvalue weighted by atomic mass is 9.88. The van der Waals surface area contributed by atoms with Gasteiger partial charge in [0.1, 0.15) is 0 Å². The molecule has 0 aromatic rings. The first-order chi connectivity index (χ1) is 8.74. The third-order valence-corrected chi connectivity index (χ3v) is 5.02. The lowest BCUT2D eigenvalue weighted by Crippen LogP contribution is -2.52. The summed E-state index contributed by atoms with van der Waals surface area (Å²) in [6, 6.07) is 1.63. The molecule has 0 spiro atoms. The van der Waals surface area contributed by atoms with Gasteiger partial charge in [-0.3, -0.25) is 19.6 Å². The number of hydrogen-bond donors (Lipinski definition) is 0. The first-order valence-electron chi connectivity index (χ1n) is 7.59. The van der Waals surface area contributed by atoms with Gasteiger partial charge in [0, 0.05) is 38.3 Å². The van der Waals surface area contributed by atoms with Crippen LogP contribution in [0.1, 0.15) is 25.7 Å². The molecule has 104 valence electrons. The Balaban J connectivity index is 1.66. The van der Waals surface area contributed by atoms with E-state index in [2.05, 4.69) is 33.7 Å². The van der Waals surface area contributed by atoms with E-state index in [0.29, 0.717) is 0 Å². The Morgan fingerprint density at radius 1 is 0.667 bits per heavy atom. The summed E-state index contributed by atoms with van der Waals surface area (Å²) >= 11 is 0. The molecule has 0 aromatic carbocycles. The molecule has 0 aromatic heterocycles. The summed E-state index contributed by atoms with van der Waals surface area (Å²) in [7, 11) is 4.50. The van der Waals surface area contributed by atoms with Crippen molar-refractivity contribution in [3.05, 3.63) is 0 Å². The summed E-state index contributed by atoms with van der Waals surface area (Å²) < 4.78 is 0. The van der Waals surface area contributed by atoms with E-state index in [4.69, 9.17) is 0 Å². The lowest BCUT2D eigenvalue weighted by Gasteiger charge is -2.42. The Morgan fingerprint density at radius 2 is 1.11 bits per heavy atom. The predicted octanol–water partition coefficient (Wildman–Crippen LogP) is 0.707. The van der Waals surface area contributed by atoms with Crippen LogP contribution in [-0.2, 0) is 0 Å². The van der Waals surface area contributed by atoms with E-state index in [0.717, 1.165) is 12.1 Å². The molecule has 1 saturated carbocycles.